The Morgan fingerprint density at radius 1 is 1.40 bits per heavy atom. The standard InChI is InChI=1S/C12H23NO2/c1-6-8-10(3)11(14)13(7-2)9-12(4,5)15/h8,15H,6-7,9H2,1-5H3. The molecule has 0 unspecified atom stereocenters. The van der Waals surface area contributed by atoms with Crippen LogP contribution in [-0.4, -0.2) is 34.6 Å². The zero-order valence-corrected chi connectivity index (χ0v) is 10.5. The molecule has 1 amide bonds. The molecule has 0 fully saturated rings. The minimum Gasteiger partial charge on any atom is -0.389 e. The van der Waals surface area contributed by atoms with Crippen molar-refractivity contribution >= 4 is 5.91 Å². The molecule has 1 N–H and O–H groups in total. The van der Waals surface area contributed by atoms with E-state index in [0.717, 1.165) is 12.0 Å². The topological polar surface area (TPSA) is 40.5 Å². The maximum atomic E-state index is 11.9. The highest BCUT2D eigenvalue weighted by Crippen LogP contribution is 2.09. The predicted molar refractivity (Wildman–Crippen MR) is 62.6 cm³/mol. The van der Waals surface area contributed by atoms with Gasteiger partial charge in [-0.15, -0.1) is 0 Å². The summed E-state index contributed by atoms with van der Waals surface area (Å²) in [5.41, 5.74) is -0.0818. The van der Waals surface area contributed by atoms with Crippen molar-refractivity contribution in [2.24, 2.45) is 0 Å². The summed E-state index contributed by atoms with van der Waals surface area (Å²) < 4.78 is 0. The summed E-state index contributed by atoms with van der Waals surface area (Å²) in [6.07, 6.45) is 2.77. The van der Waals surface area contributed by atoms with Gasteiger partial charge in [-0.2, -0.15) is 0 Å². The number of carbonyl (C=O) groups excluding carboxylic acids is 1. The van der Waals surface area contributed by atoms with Gasteiger partial charge in [0.15, 0.2) is 0 Å². The molecule has 0 aliphatic rings. The predicted octanol–water partition coefficient (Wildman–Crippen LogP) is 1.96. The lowest BCUT2D eigenvalue weighted by atomic mass is 10.1. The number of hydrogen-bond donors (Lipinski definition) is 1. The van der Waals surface area contributed by atoms with Crippen LogP contribution in [0.2, 0.25) is 0 Å². The molecule has 15 heavy (non-hydrogen) atoms. The average Bonchev–Trinajstić information content (AvgIpc) is 2.12. The van der Waals surface area contributed by atoms with Crippen LogP contribution < -0.4 is 0 Å². The molecule has 88 valence electrons. The smallest absolute Gasteiger partial charge is 0.249 e. The summed E-state index contributed by atoms with van der Waals surface area (Å²) in [4.78, 5) is 13.6. The lowest BCUT2D eigenvalue weighted by molar-refractivity contribution is -0.129. The summed E-state index contributed by atoms with van der Waals surface area (Å²) in [5, 5.41) is 9.67. The highest BCUT2D eigenvalue weighted by molar-refractivity contribution is 5.92. The number of hydrogen-bond acceptors (Lipinski definition) is 2. The molecule has 0 aromatic heterocycles. The van der Waals surface area contributed by atoms with Crippen LogP contribution in [0.25, 0.3) is 0 Å². The molecule has 0 saturated carbocycles. The molecule has 0 bridgehead atoms. The maximum Gasteiger partial charge on any atom is 0.249 e. The second-order valence-electron chi connectivity index (χ2n) is 4.43. The maximum absolute atomic E-state index is 11.9. The molecule has 0 aliphatic carbocycles. The van der Waals surface area contributed by atoms with Gasteiger partial charge in [-0.05, 0) is 34.1 Å². The van der Waals surface area contributed by atoms with Crippen molar-refractivity contribution in [1.29, 1.82) is 0 Å². The first-order valence-corrected chi connectivity index (χ1v) is 5.50. The molecule has 0 aromatic carbocycles. The lowest BCUT2D eigenvalue weighted by Crippen LogP contribution is -2.42. The van der Waals surface area contributed by atoms with Crippen LogP contribution in [0.1, 0.15) is 41.0 Å². The van der Waals surface area contributed by atoms with E-state index in [1.807, 2.05) is 26.8 Å². The first-order valence-electron chi connectivity index (χ1n) is 5.50. The summed E-state index contributed by atoms with van der Waals surface area (Å²) in [6, 6.07) is 0. The Labute approximate surface area is 92.8 Å². The van der Waals surface area contributed by atoms with Crippen LogP contribution in [0.5, 0.6) is 0 Å². The van der Waals surface area contributed by atoms with Crippen LogP contribution >= 0.6 is 0 Å². The molecular formula is C12H23NO2. The van der Waals surface area contributed by atoms with E-state index in [4.69, 9.17) is 0 Å². The van der Waals surface area contributed by atoms with Crippen molar-refractivity contribution in [2.45, 2.75) is 46.6 Å². The van der Waals surface area contributed by atoms with E-state index in [1.54, 1.807) is 18.7 Å². The van der Waals surface area contributed by atoms with Gasteiger partial charge in [0.1, 0.15) is 0 Å². The van der Waals surface area contributed by atoms with E-state index in [1.165, 1.54) is 0 Å². The van der Waals surface area contributed by atoms with Gasteiger partial charge in [0, 0.05) is 18.7 Å². The molecule has 3 heteroatoms. The Balaban J connectivity index is 4.55. The first-order chi connectivity index (χ1) is 6.81. The number of amides is 1. The Morgan fingerprint density at radius 2 is 1.93 bits per heavy atom. The second kappa shape index (κ2) is 5.91. The van der Waals surface area contributed by atoms with Crippen LogP contribution in [0, 0.1) is 0 Å². The van der Waals surface area contributed by atoms with Gasteiger partial charge in [-0.25, -0.2) is 0 Å². The van der Waals surface area contributed by atoms with E-state index in [0.29, 0.717) is 13.1 Å². The normalized spacial score (nSPS) is 12.8. The quantitative estimate of drug-likeness (QED) is 0.709. The number of nitrogens with zero attached hydrogens (tertiary/aromatic N) is 1. The van der Waals surface area contributed by atoms with Gasteiger partial charge in [0.25, 0.3) is 0 Å². The molecule has 3 nitrogen and oxygen atoms in total. The fourth-order valence-corrected chi connectivity index (χ4v) is 1.44. The Morgan fingerprint density at radius 3 is 2.27 bits per heavy atom. The largest absolute Gasteiger partial charge is 0.389 e. The minimum atomic E-state index is -0.835. The molecule has 0 saturated heterocycles. The van der Waals surface area contributed by atoms with Gasteiger partial charge in [0.2, 0.25) is 5.91 Å². The minimum absolute atomic E-state index is 0.0153. The Hall–Kier alpha value is -0.830. The number of allylic oxidation sites excluding steroid dienone is 1. The molecule has 0 rings (SSSR count). The van der Waals surface area contributed by atoms with Gasteiger partial charge >= 0.3 is 0 Å². The lowest BCUT2D eigenvalue weighted by Gasteiger charge is -2.28. The third-order valence-corrected chi connectivity index (χ3v) is 2.09. The van der Waals surface area contributed by atoms with Crippen LogP contribution in [0.3, 0.4) is 0 Å². The molecule has 0 radical (unpaired) electrons. The second-order valence-corrected chi connectivity index (χ2v) is 4.43. The van der Waals surface area contributed by atoms with E-state index in [2.05, 4.69) is 0 Å². The SMILES string of the molecule is CCC=C(C)C(=O)N(CC)CC(C)(C)O. The highest BCUT2D eigenvalue weighted by atomic mass is 16.3. The van der Waals surface area contributed by atoms with E-state index in [9.17, 15) is 9.90 Å². The molecular weight excluding hydrogens is 190 g/mol. The van der Waals surface area contributed by atoms with Gasteiger partial charge in [0.05, 0.1) is 5.60 Å². The molecule has 0 aliphatic heterocycles. The molecule has 0 heterocycles. The monoisotopic (exact) mass is 213 g/mol. The van der Waals surface area contributed by atoms with Crippen LogP contribution in [0.15, 0.2) is 11.6 Å². The van der Waals surface area contributed by atoms with E-state index < -0.39 is 5.60 Å². The molecule has 0 aromatic rings. The fourth-order valence-electron chi connectivity index (χ4n) is 1.44. The zero-order valence-electron chi connectivity index (χ0n) is 10.5. The van der Waals surface area contributed by atoms with Crippen molar-refractivity contribution in [2.75, 3.05) is 13.1 Å². The third-order valence-electron chi connectivity index (χ3n) is 2.09. The highest BCUT2D eigenvalue weighted by Gasteiger charge is 2.21. The van der Waals surface area contributed by atoms with Gasteiger partial charge in [-0.1, -0.05) is 13.0 Å². The number of rotatable bonds is 5. The van der Waals surface area contributed by atoms with Crippen LogP contribution in [0.4, 0.5) is 0 Å². The van der Waals surface area contributed by atoms with Gasteiger partial charge < -0.3 is 10.0 Å². The Kier molecular flexibility index (Phi) is 5.58. The van der Waals surface area contributed by atoms with E-state index >= 15 is 0 Å². The zero-order chi connectivity index (χ0) is 12.1. The number of aliphatic hydroxyl groups is 1. The molecule has 0 spiro atoms. The number of likely N-dealkylation sites (N-methyl/N-ethyl adjacent to an activating group) is 1. The summed E-state index contributed by atoms with van der Waals surface area (Å²) in [7, 11) is 0. The van der Waals surface area contributed by atoms with Crippen molar-refractivity contribution < 1.29 is 9.90 Å². The third kappa shape index (κ3) is 5.57. The van der Waals surface area contributed by atoms with Crippen LogP contribution in [-0.2, 0) is 4.79 Å². The number of carbonyl (C=O) groups is 1. The van der Waals surface area contributed by atoms with Crippen molar-refractivity contribution in [3.63, 3.8) is 0 Å². The first kappa shape index (κ1) is 14.2. The summed E-state index contributed by atoms with van der Waals surface area (Å²) in [5.74, 6) is 0.0153. The van der Waals surface area contributed by atoms with Crippen molar-refractivity contribution in [3.8, 4) is 0 Å². The van der Waals surface area contributed by atoms with Crippen molar-refractivity contribution in [1.82, 2.24) is 4.90 Å². The Bertz CT molecular complexity index is 238. The van der Waals surface area contributed by atoms with Gasteiger partial charge in [-0.3, -0.25) is 4.79 Å². The molecule has 0 atom stereocenters. The summed E-state index contributed by atoms with van der Waals surface area (Å²) >= 11 is 0. The average molecular weight is 213 g/mol. The fraction of sp³-hybridized carbons (Fsp3) is 0.750. The van der Waals surface area contributed by atoms with Crippen molar-refractivity contribution in [3.05, 3.63) is 11.6 Å². The summed E-state index contributed by atoms with van der Waals surface area (Å²) in [6.45, 7) is 10.2. The van der Waals surface area contributed by atoms with E-state index in [-0.39, 0.29) is 5.91 Å².